The van der Waals surface area contributed by atoms with Gasteiger partial charge in [0.25, 0.3) is 0 Å². The third-order valence-electron chi connectivity index (χ3n) is 4.29. The predicted octanol–water partition coefficient (Wildman–Crippen LogP) is 4.22. The molecule has 0 saturated carbocycles. The van der Waals surface area contributed by atoms with E-state index in [0.717, 1.165) is 6.42 Å². The molecule has 0 aliphatic heterocycles. The van der Waals surface area contributed by atoms with Crippen molar-refractivity contribution in [2.75, 3.05) is 14.1 Å². The van der Waals surface area contributed by atoms with Crippen LogP contribution < -0.4 is 10.2 Å². The average Bonchev–Trinajstić information content (AvgIpc) is 2.61. The van der Waals surface area contributed by atoms with Crippen LogP contribution in [0.15, 0.2) is 45.6 Å². The lowest BCUT2D eigenvalue weighted by Crippen LogP contribution is -2.13. The topological polar surface area (TPSA) is 62.9 Å². The number of phenols is 1. The Morgan fingerprint density at radius 1 is 1.12 bits per heavy atom. The number of hydrogen-bond acceptors (Lipinski definition) is 5. The van der Waals surface area contributed by atoms with Crippen molar-refractivity contribution in [2.24, 2.45) is 0 Å². The fourth-order valence-corrected chi connectivity index (χ4v) is 2.89. The van der Waals surface area contributed by atoms with Gasteiger partial charge in [0.05, 0.1) is 10.9 Å². The van der Waals surface area contributed by atoms with Gasteiger partial charge in [-0.05, 0) is 57.3 Å². The second-order valence-corrected chi connectivity index (χ2v) is 6.59. The van der Waals surface area contributed by atoms with Crippen molar-refractivity contribution in [3.63, 3.8) is 0 Å². The van der Waals surface area contributed by atoms with Crippen molar-refractivity contribution in [1.82, 2.24) is 4.90 Å². The first-order valence-electron chi connectivity index (χ1n) is 8.60. The molecule has 3 rings (SSSR count). The van der Waals surface area contributed by atoms with Crippen LogP contribution in [0.25, 0.3) is 11.0 Å². The minimum atomic E-state index is -0.247. The number of aromatic hydroxyl groups is 1. The molecule has 1 aromatic heterocycles. The fourth-order valence-electron chi connectivity index (χ4n) is 2.89. The van der Waals surface area contributed by atoms with E-state index in [4.69, 9.17) is 9.15 Å². The summed E-state index contributed by atoms with van der Waals surface area (Å²) in [5.74, 6) is 1.25. The van der Waals surface area contributed by atoms with Crippen molar-refractivity contribution in [3.8, 4) is 17.2 Å². The Balaban J connectivity index is 2.10. The Morgan fingerprint density at radius 3 is 2.42 bits per heavy atom. The molecule has 0 aliphatic carbocycles. The van der Waals surface area contributed by atoms with Crippen molar-refractivity contribution in [3.05, 3.63) is 63.5 Å². The monoisotopic (exact) mass is 353 g/mol. The molecule has 136 valence electrons. The van der Waals surface area contributed by atoms with Crippen LogP contribution in [0.5, 0.6) is 17.2 Å². The van der Waals surface area contributed by atoms with E-state index in [9.17, 15) is 9.90 Å². The van der Waals surface area contributed by atoms with E-state index in [1.165, 1.54) is 11.6 Å². The molecule has 0 amide bonds. The minimum absolute atomic E-state index is 0.109. The number of hydrogen-bond donors (Lipinski definition) is 1. The maximum Gasteiger partial charge on any atom is 0.235 e. The Bertz CT molecular complexity index is 988. The number of phenolic OH excluding ortho intramolecular Hbond substituents is 1. The first-order valence-corrected chi connectivity index (χ1v) is 8.60. The summed E-state index contributed by atoms with van der Waals surface area (Å²) in [6.45, 7) is 4.24. The highest BCUT2D eigenvalue weighted by Gasteiger charge is 2.18. The number of fused-ring (bicyclic) bond motifs is 1. The van der Waals surface area contributed by atoms with Crippen molar-refractivity contribution in [1.29, 1.82) is 0 Å². The highest BCUT2D eigenvalue weighted by atomic mass is 16.5. The molecule has 26 heavy (non-hydrogen) atoms. The maximum absolute atomic E-state index is 12.9. The molecule has 0 aliphatic rings. The van der Waals surface area contributed by atoms with Crippen LogP contribution in [0.1, 0.15) is 23.8 Å². The number of ether oxygens (including phenoxy) is 1. The van der Waals surface area contributed by atoms with Crippen molar-refractivity contribution in [2.45, 2.75) is 26.8 Å². The summed E-state index contributed by atoms with van der Waals surface area (Å²) in [6.07, 6.45) is 0.940. The van der Waals surface area contributed by atoms with Gasteiger partial charge in [-0.3, -0.25) is 4.79 Å². The van der Waals surface area contributed by atoms with Gasteiger partial charge in [0.1, 0.15) is 22.8 Å². The van der Waals surface area contributed by atoms with E-state index >= 15 is 0 Å². The Kier molecular flexibility index (Phi) is 5.00. The van der Waals surface area contributed by atoms with E-state index in [-0.39, 0.29) is 16.9 Å². The molecule has 5 nitrogen and oxygen atoms in total. The second kappa shape index (κ2) is 7.22. The molecule has 1 heterocycles. The molecule has 0 spiro atoms. The number of benzene rings is 2. The van der Waals surface area contributed by atoms with E-state index in [1.807, 2.05) is 43.3 Å². The molecule has 0 atom stereocenters. The summed E-state index contributed by atoms with van der Waals surface area (Å²) in [4.78, 5) is 14.9. The SMILES string of the molecule is CCc1ccc(Oc2c(C)oc3c(CN(C)C)c(O)ccc3c2=O)cc1. The third-order valence-corrected chi connectivity index (χ3v) is 4.29. The quantitative estimate of drug-likeness (QED) is 0.744. The van der Waals surface area contributed by atoms with Crippen LogP contribution in [-0.2, 0) is 13.0 Å². The lowest BCUT2D eigenvalue weighted by atomic mass is 10.1. The molecule has 1 N–H and O–H groups in total. The minimum Gasteiger partial charge on any atom is -0.507 e. The average molecular weight is 353 g/mol. The Labute approximate surface area is 152 Å². The first kappa shape index (κ1) is 18.0. The normalized spacial score (nSPS) is 11.3. The van der Waals surface area contributed by atoms with Crippen LogP contribution >= 0.6 is 0 Å². The summed E-state index contributed by atoms with van der Waals surface area (Å²) in [7, 11) is 3.78. The number of aryl methyl sites for hydroxylation is 2. The van der Waals surface area contributed by atoms with Crippen LogP contribution in [0.4, 0.5) is 0 Å². The lowest BCUT2D eigenvalue weighted by Gasteiger charge is -2.15. The summed E-state index contributed by atoms with van der Waals surface area (Å²) in [5, 5.41) is 10.6. The highest BCUT2D eigenvalue weighted by molar-refractivity contribution is 5.83. The zero-order chi connectivity index (χ0) is 18.8. The maximum atomic E-state index is 12.9. The summed E-state index contributed by atoms with van der Waals surface area (Å²) < 4.78 is 11.7. The van der Waals surface area contributed by atoms with Gasteiger partial charge in [0.2, 0.25) is 11.2 Å². The Morgan fingerprint density at radius 2 is 1.81 bits per heavy atom. The van der Waals surface area contributed by atoms with Gasteiger partial charge in [-0.15, -0.1) is 0 Å². The zero-order valence-corrected chi connectivity index (χ0v) is 15.5. The van der Waals surface area contributed by atoms with Gasteiger partial charge in [-0.2, -0.15) is 0 Å². The summed E-state index contributed by atoms with van der Waals surface area (Å²) in [6, 6.07) is 10.7. The van der Waals surface area contributed by atoms with Gasteiger partial charge < -0.3 is 19.2 Å². The van der Waals surface area contributed by atoms with Crippen LogP contribution in [0.2, 0.25) is 0 Å². The molecule has 0 saturated heterocycles. The molecule has 0 unspecified atom stereocenters. The van der Waals surface area contributed by atoms with Crippen LogP contribution in [0, 0.1) is 6.92 Å². The van der Waals surface area contributed by atoms with Gasteiger partial charge in [-0.1, -0.05) is 19.1 Å². The van der Waals surface area contributed by atoms with E-state index < -0.39 is 0 Å². The molecule has 0 radical (unpaired) electrons. The Hall–Kier alpha value is -2.79. The summed E-state index contributed by atoms with van der Waals surface area (Å²) in [5.41, 5.74) is 1.94. The van der Waals surface area contributed by atoms with E-state index in [2.05, 4.69) is 6.92 Å². The summed E-state index contributed by atoms with van der Waals surface area (Å²) >= 11 is 0. The first-order chi connectivity index (χ1) is 12.4. The van der Waals surface area contributed by atoms with E-state index in [1.54, 1.807) is 13.0 Å². The van der Waals surface area contributed by atoms with Crippen LogP contribution in [0.3, 0.4) is 0 Å². The van der Waals surface area contributed by atoms with Gasteiger partial charge in [0.15, 0.2) is 0 Å². The van der Waals surface area contributed by atoms with Gasteiger partial charge in [-0.25, -0.2) is 0 Å². The number of rotatable bonds is 5. The number of nitrogens with zero attached hydrogens (tertiary/aromatic N) is 1. The van der Waals surface area contributed by atoms with Gasteiger partial charge >= 0.3 is 0 Å². The van der Waals surface area contributed by atoms with Gasteiger partial charge in [0, 0.05) is 6.54 Å². The molecular formula is C21H23NO4. The predicted molar refractivity (Wildman–Crippen MR) is 102 cm³/mol. The van der Waals surface area contributed by atoms with E-state index in [0.29, 0.717) is 34.6 Å². The zero-order valence-electron chi connectivity index (χ0n) is 15.5. The molecular weight excluding hydrogens is 330 g/mol. The highest BCUT2D eigenvalue weighted by Crippen LogP contribution is 2.31. The standard InChI is InChI=1S/C21H23NO4/c1-5-14-6-8-15(9-7-14)26-20-13(2)25-21-16(19(20)24)10-11-18(23)17(21)12-22(3)4/h6-11,23H,5,12H2,1-4H3. The second-order valence-electron chi connectivity index (χ2n) is 6.59. The van der Waals surface area contributed by atoms with Crippen LogP contribution in [-0.4, -0.2) is 24.1 Å². The smallest absolute Gasteiger partial charge is 0.235 e. The molecule has 3 aromatic rings. The lowest BCUT2D eigenvalue weighted by molar-refractivity contribution is 0.381. The van der Waals surface area contributed by atoms with Crippen molar-refractivity contribution >= 4 is 11.0 Å². The largest absolute Gasteiger partial charge is 0.507 e. The molecule has 0 bridgehead atoms. The molecule has 0 fully saturated rings. The fraction of sp³-hybridized carbons (Fsp3) is 0.286. The van der Waals surface area contributed by atoms with Crippen molar-refractivity contribution < 1.29 is 14.3 Å². The third kappa shape index (κ3) is 3.44. The molecule has 2 aromatic carbocycles. The molecule has 5 heteroatoms.